The molecule has 10 heteroatoms. The van der Waals surface area contributed by atoms with Gasteiger partial charge in [0.15, 0.2) is 11.6 Å². The molecule has 2 aromatic carbocycles. The third-order valence-electron chi connectivity index (χ3n) is 5.02. The van der Waals surface area contributed by atoms with Gasteiger partial charge in [-0.3, -0.25) is 4.79 Å². The van der Waals surface area contributed by atoms with Crippen LogP contribution in [0.2, 0.25) is 5.02 Å². The summed E-state index contributed by atoms with van der Waals surface area (Å²) >= 11 is 5.74. The van der Waals surface area contributed by atoms with Crippen molar-refractivity contribution in [1.29, 1.82) is 0 Å². The zero-order valence-corrected chi connectivity index (χ0v) is 16.3. The van der Waals surface area contributed by atoms with Gasteiger partial charge in [0.2, 0.25) is 0 Å². The Labute approximate surface area is 173 Å². The number of carbonyl (C=O) groups is 1. The molecular weight excluding hydrogens is 423 g/mol. The van der Waals surface area contributed by atoms with Gasteiger partial charge in [-0.2, -0.15) is 0 Å². The molecule has 2 heterocycles. The van der Waals surface area contributed by atoms with E-state index >= 15 is 0 Å². The zero-order chi connectivity index (χ0) is 21.6. The summed E-state index contributed by atoms with van der Waals surface area (Å²) in [4.78, 5) is 28.9. The first-order chi connectivity index (χ1) is 14.3. The van der Waals surface area contributed by atoms with Gasteiger partial charge in [-0.25, -0.2) is 18.0 Å². The number of halogens is 4. The van der Waals surface area contributed by atoms with Gasteiger partial charge in [-0.15, -0.1) is 0 Å². The number of anilines is 1. The molecule has 4 rings (SSSR count). The van der Waals surface area contributed by atoms with Crippen molar-refractivity contribution in [3.05, 3.63) is 74.4 Å². The minimum atomic E-state index is -1.25. The van der Waals surface area contributed by atoms with Crippen LogP contribution in [0.1, 0.15) is 17.3 Å². The molecule has 0 spiro atoms. The van der Waals surface area contributed by atoms with Crippen molar-refractivity contribution in [2.75, 3.05) is 19.0 Å². The molecule has 30 heavy (non-hydrogen) atoms. The number of carbonyl (C=O) groups excluding carboxylic acids is 1. The van der Waals surface area contributed by atoms with Crippen molar-refractivity contribution in [2.24, 2.45) is 0 Å². The maximum Gasteiger partial charge on any atom is 0.322 e. The van der Waals surface area contributed by atoms with Gasteiger partial charge in [0.25, 0.3) is 5.56 Å². The second kappa shape index (κ2) is 7.66. The van der Waals surface area contributed by atoms with Crippen molar-refractivity contribution < 1.29 is 22.7 Å². The Morgan fingerprint density at radius 1 is 1.23 bits per heavy atom. The van der Waals surface area contributed by atoms with E-state index in [-0.39, 0.29) is 29.3 Å². The number of amides is 2. The SMILES string of the molecule is CN(C(=O)Nc1ccc(F)c(Cl)c1)[C@@H]1COCc2[nH]c(=O)c3c(F)c(F)ccc3c21. The van der Waals surface area contributed by atoms with Gasteiger partial charge in [0.1, 0.15) is 5.82 Å². The van der Waals surface area contributed by atoms with Crippen LogP contribution >= 0.6 is 11.6 Å². The lowest BCUT2D eigenvalue weighted by molar-refractivity contribution is 0.0527. The Kier molecular flexibility index (Phi) is 5.17. The number of pyridine rings is 1. The molecule has 0 radical (unpaired) electrons. The number of urea groups is 1. The van der Waals surface area contributed by atoms with E-state index in [4.69, 9.17) is 16.3 Å². The first-order valence-electron chi connectivity index (χ1n) is 8.87. The average molecular weight is 438 g/mol. The molecule has 1 aliphatic rings. The first-order valence-corrected chi connectivity index (χ1v) is 9.25. The summed E-state index contributed by atoms with van der Waals surface area (Å²) in [6, 6.07) is 4.71. The van der Waals surface area contributed by atoms with E-state index in [2.05, 4.69) is 10.3 Å². The monoisotopic (exact) mass is 437 g/mol. The number of hydrogen-bond acceptors (Lipinski definition) is 3. The maximum absolute atomic E-state index is 14.3. The summed E-state index contributed by atoms with van der Waals surface area (Å²) in [5, 5.41) is 2.22. The molecule has 2 N–H and O–H groups in total. The predicted molar refractivity (Wildman–Crippen MR) is 105 cm³/mol. The van der Waals surface area contributed by atoms with Gasteiger partial charge in [-0.1, -0.05) is 17.7 Å². The number of benzene rings is 2. The highest BCUT2D eigenvalue weighted by Crippen LogP contribution is 2.34. The largest absolute Gasteiger partial charge is 0.373 e. The topological polar surface area (TPSA) is 74.4 Å². The van der Waals surface area contributed by atoms with Crippen molar-refractivity contribution >= 4 is 34.1 Å². The van der Waals surface area contributed by atoms with Gasteiger partial charge in [0.05, 0.1) is 29.7 Å². The van der Waals surface area contributed by atoms with Crippen LogP contribution in [0.15, 0.2) is 35.1 Å². The Morgan fingerprint density at radius 2 is 1.97 bits per heavy atom. The lowest BCUT2D eigenvalue weighted by atomic mass is 9.95. The summed E-state index contributed by atoms with van der Waals surface area (Å²) in [5.41, 5.74) is 0.330. The quantitative estimate of drug-likeness (QED) is 0.626. The van der Waals surface area contributed by atoms with Gasteiger partial charge >= 0.3 is 6.03 Å². The fourth-order valence-electron chi connectivity index (χ4n) is 3.51. The first kappa shape index (κ1) is 20.2. The summed E-state index contributed by atoms with van der Waals surface area (Å²) in [5.74, 6) is -3.02. The lowest BCUT2D eigenvalue weighted by Crippen LogP contribution is -2.40. The van der Waals surface area contributed by atoms with Crippen molar-refractivity contribution in [3.8, 4) is 0 Å². The molecule has 0 aliphatic carbocycles. The number of rotatable bonds is 2. The number of ether oxygens (including phenoxy) is 1. The molecule has 3 aromatic rings. The van der Waals surface area contributed by atoms with E-state index in [9.17, 15) is 22.8 Å². The molecule has 0 saturated heterocycles. The van der Waals surface area contributed by atoms with Crippen LogP contribution in [-0.2, 0) is 11.3 Å². The molecule has 2 amide bonds. The van der Waals surface area contributed by atoms with E-state index in [1.165, 1.54) is 30.1 Å². The smallest absolute Gasteiger partial charge is 0.322 e. The minimum absolute atomic E-state index is 0.0546. The van der Waals surface area contributed by atoms with Gasteiger partial charge in [0, 0.05) is 24.0 Å². The second-order valence-corrected chi connectivity index (χ2v) is 7.24. The Morgan fingerprint density at radius 3 is 2.70 bits per heavy atom. The molecule has 156 valence electrons. The van der Waals surface area contributed by atoms with E-state index in [1.807, 2.05) is 0 Å². The fourth-order valence-corrected chi connectivity index (χ4v) is 3.69. The van der Waals surface area contributed by atoms with Gasteiger partial charge < -0.3 is 19.9 Å². The van der Waals surface area contributed by atoms with Gasteiger partial charge in [-0.05, 0) is 29.7 Å². The number of H-pyrrole nitrogens is 1. The third-order valence-corrected chi connectivity index (χ3v) is 5.31. The Balaban J connectivity index is 1.74. The lowest BCUT2D eigenvalue weighted by Gasteiger charge is -2.33. The molecule has 1 aliphatic heterocycles. The highest BCUT2D eigenvalue weighted by molar-refractivity contribution is 6.31. The number of nitrogens with one attached hydrogen (secondary N) is 2. The maximum atomic E-state index is 14.3. The standard InChI is InChI=1S/C20H15ClF3N3O3/c1-27(20(29)25-9-2-4-12(22)11(21)6-9)15-8-30-7-14-16(15)10-3-5-13(23)18(24)17(10)19(28)26-14/h2-6,15H,7-8H2,1H3,(H,25,29)(H,26,28)/t15-/m1/s1. The van der Waals surface area contributed by atoms with E-state index in [1.54, 1.807) is 0 Å². The number of likely N-dealkylation sites (N-methyl/N-ethyl adjacent to an activating group) is 1. The third kappa shape index (κ3) is 3.40. The fraction of sp³-hybridized carbons (Fsp3) is 0.200. The molecule has 1 atom stereocenters. The summed E-state index contributed by atoms with van der Waals surface area (Å²) in [7, 11) is 1.49. The van der Waals surface area contributed by atoms with Crippen LogP contribution in [0, 0.1) is 17.5 Å². The summed E-state index contributed by atoms with van der Waals surface area (Å²) in [6.07, 6.45) is 0. The van der Waals surface area contributed by atoms with Crippen LogP contribution in [-0.4, -0.2) is 29.6 Å². The van der Waals surface area contributed by atoms with Crippen LogP contribution < -0.4 is 10.9 Å². The number of hydrogen-bond donors (Lipinski definition) is 2. The molecule has 0 fully saturated rings. The summed E-state index contributed by atoms with van der Waals surface area (Å²) < 4.78 is 46.8. The number of fused-ring (bicyclic) bond motifs is 3. The number of aromatic nitrogens is 1. The molecule has 1 aromatic heterocycles. The van der Waals surface area contributed by atoms with Crippen LogP contribution in [0.4, 0.5) is 23.7 Å². The van der Waals surface area contributed by atoms with E-state index in [0.717, 1.165) is 12.1 Å². The van der Waals surface area contributed by atoms with E-state index < -0.39 is 40.5 Å². The van der Waals surface area contributed by atoms with Crippen molar-refractivity contribution in [1.82, 2.24) is 9.88 Å². The molecule has 0 unspecified atom stereocenters. The normalized spacial score (nSPS) is 15.7. The Bertz CT molecular complexity index is 1230. The second-order valence-electron chi connectivity index (χ2n) is 6.83. The van der Waals surface area contributed by atoms with Crippen molar-refractivity contribution in [2.45, 2.75) is 12.6 Å². The number of aromatic amines is 1. The predicted octanol–water partition coefficient (Wildman–Crippen LogP) is 4.33. The highest BCUT2D eigenvalue weighted by atomic mass is 35.5. The average Bonchev–Trinajstić information content (AvgIpc) is 2.72. The molecule has 6 nitrogen and oxygen atoms in total. The number of nitrogens with zero attached hydrogens (tertiary/aromatic N) is 1. The zero-order valence-electron chi connectivity index (χ0n) is 15.6. The van der Waals surface area contributed by atoms with Crippen molar-refractivity contribution in [3.63, 3.8) is 0 Å². The van der Waals surface area contributed by atoms with Crippen LogP contribution in [0.25, 0.3) is 10.8 Å². The Hall–Kier alpha value is -3.04. The van der Waals surface area contributed by atoms with Crippen LogP contribution in [0.5, 0.6) is 0 Å². The molecule has 0 bridgehead atoms. The molecule has 0 saturated carbocycles. The molecular formula is C20H15ClF3N3O3. The minimum Gasteiger partial charge on any atom is -0.373 e. The van der Waals surface area contributed by atoms with E-state index in [0.29, 0.717) is 11.3 Å². The van der Waals surface area contributed by atoms with Crippen LogP contribution in [0.3, 0.4) is 0 Å². The summed E-state index contributed by atoms with van der Waals surface area (Å²) in [6.45, 7) is 0.125. The highest BCUT2D eigenvalue weighted by Gasteiger charge is 2.31.